The van der Waals surface area contributed by atoms with Crippen molar-refractivity contribution in [2.45, 2.75) is 11.8 Å². The minimum atomic E-state index is -4.15. The molecule has 4 aromatic rings. The molecule has 10 heteroatoms. The SMILES string of the molecule is Cc1ccc(S(=O)(=O)/N=C(\N=O)Oc2ccc(NNc3c(O)ccc4ccccc34)cc2)cc1. The molecule has 0 aromatic heterocycles. The van der Waals surface area contributed by atoms with Crippen LogP contribution in [0.2, 0.25) is 0 Å². The lowest BCUT2D eigenvalue weighted by Crippen LogP contribution is -2.10. The fourth-order valence-corrected chi connectivity index (χ4v) is 4.02. The second kappa shape index (κ2) is 9.59. The van der Waals surface area contributed by atoms with Crippen LogP contribution in [-0.4, -0.2) is 19.5 Å². The third-order valence-electron chi connectivity index (χ3n) is 4.90. The average Bonchev–Trinajstić information content (AvgIpc) is 2.84. The fourth-order valence-electron chi connectivity index (χ4n) is 3.16. The highest BCUT2D eigenvalue weighted by atomic mass is 32.2. The van der Waals surface area contributed by atoms with Crippen molar-refractivity contribution in [3.05, 3.63) is 95.4 Å². The molecular weight excluding hydrogens is 456 g/mol. The number of benzene rings is 4. The van der Waals surface area contributed by atoms with Crippen molar-refractivity contribution in [1.29, 1.82) is 0 Å². The van der Waals surface area contributed by atoms with Gasteiger partial charge in [0.25, 0.3) is 10.0 Å². The first-order valence-electron chi connectivity index (χ1n) is 10.1. The fraction of sp³-hybridized carbons (Fsp3) is 0.0417. The van der Waals surface area contributed by atoms with E-state index in [0.717, 1.165) is 16.3 Å². The molecule has 0 saturated heterocycles. The van der Waals surface area contributed by atoms with E-state index in [1.165, 1.54) is 24.3 Å². The molecular formula is C24H20N4O5S. The number of fused-ring (bicyclic) bond motifs is 1. The predicted molar refractivity (Wildman–Crippen MR) is 132 cm³/mol. The summed E-state index contributed by atoms with van der Waals surface area (Å²) >= 11 is 0. The van der Waals surface area contributed by atoms with E-state index in [-0.39, 0.29) is 16.4 Å². The van der Waals surface area contributed by atoms with Gasteiger partial charge < -0.3 is 15.3 Å². The van der Waals surface area contributed by atoms with Crippen LogP contribution in [0.5, 0.6) is 11.5 Å². The van der Waals surface area contributed by atoms with E-state index >= 15 is 0 Å². The molecule has 0 atom stereocenters. The first kappa shape index (κ1) is 22.7. The number of sulfonamides is 1. The predicted octanol–water partition coefficient (Wildman–Crippen LogP) is 5.18. The topological polar surface area (TPSA) is 129 Å². The van der Waals surface area contributed by atoms with Crippen LogP contribution in [0.25, 0.3) is 10.8 Å². The van der Waals surface area contributed by atoms with Crippen molar-refractivity contribution in [3.63, 3.8) is 0 Å². The number of hydrogen-bond donors (Lipinski definition) is 3. The lowest BCUT2D eigenvalue weighted by molar-refractivity contribution is 0.478. The lowest BCUT2D eigenvalue weighted by Gasteiger charge is -2.14. The Bertz CT molecular complexity index is 1470. The Labute approximate surface area is 195 Å². The van der Waals surface area contributed by atoms with Gasteiger partial charge in [-0.15, -0.1) is 4.91 Å². The van der Waals surface area contributed by atoms with Crippen molar-refractivity contribution < 1.29 is 18.3 Å². The molecule has 4 rings (SSSR count). The zero-order valence-electron chi connectivity index (χ0n) is 18.0. The molecule has 0 spiro atoms. The Hall–Kier alpha value is -4.44. The van der Waals surface area contributed by atoms with E-state index in [9.17, 15) is 18.4 Å². The molecule has 34 heavy (non-hydrogen) atoms. The molecule has 0 fully saturated rings. The average molecular weight is 477 g/mol. The molecule has 0 aliphatic carbocycles. The Balaban J connectivity index is 1.46. The number of hydrogen-bond acceptors (Lipinski definition) is 7. The summed E-state index contributed by atoms with van der Waals surface area (Å²) < 4.78 is 33.4. The molecule has 0 amide bonds. The monoisotopic (exact) mass is 476 g/mol. The zero-order valence-corrected chi connectivity index (χ0v) is 18.8. The third-order valence-corrected chi connectivity index (χ3v) is 6.16. The van der Waals surface area contributed by atoms with E-state index in [0.29, 0.717) is 11.4 Å². The number of phenols is 1. The highest BCUT2D eigenvalue weighted by Crippen LogP contribution is 2.32. The van der Waals surface area contributed by atoms with Gasteiger partial charge in [0.2, 0.25) is 0 Å². The van der Waals surface area contributed by atoms with E-state index in [4.69, 9.17) is 4.74 Å². The van der Waals surface area contributed by atoms with Crippen LogP contribution in [-0.2, 0) is 10.0 Å². The zero-order chi connectivity index (χ0) is 24.1. The number of nitrogens with one attached hydrogen (secondary N) is 2. The number of nitrogens with zero attached hydrogens (tertiary/aromatic N) is 2. The molecule has 0 radical (unpaired) electrons. The summed E-state index contributed by atoms with van der Waals surface area (Å²) in [5.41, 5.74) is 7.97. The number of hydrazine groups is 1. The van der Waals surface area contributed by atoms with Crippen molar-refractivity contribution in [3.8, 4) is 11.5 Å². The Kier molecular flexibility index (Phi) is 6.42. The van der Waals surface area contributed by atoms with Gasteiger partial charge >= 0.3 is 6.02 Å². The maximum absolute atomic E-state index is 12.4. The van der Waals surface area contributed by atoms with Crippen molar-refractivity contribution in [2.24, 2.45) is 9.57 Å². The number of anilines is 2. The van der Waals surface area contributed by atoms with Gasteiger partial charge in [-0.2, -0.15) is 8.42 Å². The van der Waals surface area contributed by atoms with Gasteiger partial charge in [0.15, 0.2) is 0 Å². The normalized spacial score (nSPS) is 11.7. The van der Waals surface area contributed by atoms with Gasteiger partial charge in [-0.05, 0) is 54.8 Å². The maximum atomic E-state index is 12.4. The summed E-state index contributed by atoms with van der Waals surface area (Å²) in [4.78, 5) is 11.0. The van der Waals surface area contributed by atoms with E-state index in [1.54, 1.807) is 30.3 Å². The number of ether oxygens (including phenoxy) is 1. The van der Waals surface area contributed by atoms with E-state index < -0.39 is 16.0 Å². The first-order valence-corrected chi connectivity index (χ1v) is 11.6. The van der Waals surface area contributed by atoms with Gasteiger partial charge in [-0.25, -0.2) is 0 Å². The largest absolute Gasteiger partial charge is 0.506 e. The summed E-state index contributed by atoms with van der Waals surface area (Å²) in [7, 11) is -4.15. The first-order chi connectivity index (χ1) is 16.4. The summed E-state index contributed by atoms with van der Waals surface area (Å²) in [6.07, 6.45) is 0. The minimum Gasteiger partial charge on any atom is -0.506 e. The molecule has 9 nitrogen and oxygen atoms in total. The van der Waals surface area contributed by atoms with Crippen LogP contribution in [0.15, 0.2) is 99.4 Å². The van der Waals surface area contributed by atoms with Gasteiger partial charge in [0, 0.05) is 10.6 Å². The number of aryl methyl sites for hydroxylation is 1. The van der Waals surface area contributed by atoms with Crippen LogP contribution in [0.1, 0.15) is 5.56 Å². The standard InChI is InChI=1S/C24H20N4O5S/c1-16-6-13-20(14-7-16)34(31,32)28-24(27-30)33-19-11-9-18(10-12-19)25-26-23-21-5-3-2-4-17(21)8-15-22(23)29/h2-15,25-26,29H,1H3/b28-24+. The van der Waals surface area contributed by atoms with Crippen molar-refractivity contribution in [1.82, 2.24) is 0 Å². The van der Waals surface area contributed by atoms with Crippen LogP contribution < -0.4 is 15.6 Å². The number of amidine groups is 1. The Morgan fingerprint density at radius 3 is 2.29 bits per heavy atom. The molecule has 0 bridgehead atoms. The summed E-state index contributed by atoms with van der Waals surface area (Å²) in [5.74, 6) is 0.245. The second-order valence-electron chi connectivity index (χ2n) is 7.31. The molecule has 0 heterocycles. The van der Waals surface area contributed by atoms with Crippen LogP contribution in [0.4, 0.5) is 11.4 Å². The molecule has 0 aliphatic heterocycles. The summed E-state index contributed by atoms with van der Waals surface area (Å²) in [6, 6.07) is 22.5. The minimum absolute atomic E-state index is 0.0786. The van der Waals surface area contributed by atoms with Crippen LogP contribution >= 0.6 is 0 Å². The molecule has 0 saturated carbocycles. The highest BCUT2D eigenvalue weighted by Gasteiger charge is 2.16. The number of nitroso groups, excluding NO2 is 1. The van der Waals surface area contributed by atoms with Gasteiger partial charge in [-0.3, -0.25) is 5.43 Å². The molecule has 0 aliphatic rings. The maximum Gasteiger partial charge on any atom is 0.372 e. The Morgan fingerprint density at radius 1 is 0.882 bits per heavy atom. The molecule has 172 valence electrons. The second-order valence-corrected chi connectivity index (χ2v) is 8.91. The van der Waals surface area contributed by atoms with E-state index in [1.807, 2.05) is 37.3 Å². The summed E-state index contributed by atoms with van der Waals surface area (Å²) in [5, 5.41) is 14.6. The van der Waals surface area contributed by atoms with Gasteiger partial charge in [-0.1, -0.05) is 52.4 Å². The highest BCUT2D eigenvalue weighted by molar-refractivity contribution is 7.90. The molecule has 3 N–H and O–H groups in total. The third kappa shape index (κ3) is 5.13. The molecule has 0 unspecified atom stereocenters. The number of aromatic hydroxyl groups is 1. The lowest BCUT2D eigenvalue weighted by atomic mass is 10.1. The van der Waals surface area contributed by atoms with Crippen molar-refractivity contribution in [2.75, 3.05) is 10.9 Å². The quantitative estimate of drug-likeness (QED) is 0.115. The smallest absolute Gasteiger partial charge is 0.372 e. The van der Waals surface area contributed by atoms with Gasteiger partial charge in [0.05, 0.1) is 10.6 Å². The van der Waals surface area contributed by atoms with Gasteiger partial charge in [0.1, 0.15) is 17.2 Å². The van der Waals surface area contributed by atoms with Crippen LogP contribution in [0.3, 0.4) is 0 Å². The molecule has 4 aromatic carbocycles. The van der Waals surface area contributed by atoms with Crippen molar-refractivity contribution >= 4 is 38.2 Å². The van der Waals surface area contributed by atoms with Crippen LogP contribution in [0, 0.1) is 11.8 Å². The number of rotatable bonds is 6. The number of phenolic OH excluding ortho intramolecular Hbond substituents is 1. The van der Waals surface area contributed by atoms with E-state index in [2.05, 4.69) is 20.4 Å². The summed E-state index contributed by atoms with van der Waals surface area (Å²) in [6.45, 7) is 1.82. The Morgan fingerprint density at radius 2 is 1.59 bits per heavy atom.